The van der Waals surface area contributed by atoms with E-state index in [1.54, 1.807) is 6.08 Å². The monoisotopic (exact) mass is 1140 g/mol. The fraction of sp³-hybridized carbons (Fsp3) is 0.623. The summed E-state index contributed by atoms with van der Waals surface area (Å²) in [4.78, 5) is 38.2. The molecule has 0 saturated carbocycles. The highest BCUT2D eigenvalue weighted by molar-refractivity contribution is 5.72. The molecule has 1 atom stereocenters. The molecule has 0 saturated heterocycles. The lowest BCUT2D eigenvalue weighted by molar-refractivity contribution is -0.166. The quantitative estimate of drug-likeness (QED) is 0.0261. The average Bonchev–Trinajstić information content (AvgIpc) is 3.50. The van der Waals surface area contributed by atoms with E-state index in [0.29, 0.717) is 19.3 Å². The normalized spacial score (nSPS) is 13.1. The van der Waals surface area contributed by atoms with Gasteiger partial charge in [-0.05, 0) is 122 Å². The highest BCUT2D eigenvalue weighted by atomic mass is 16.6. The van der Waals surface area contributed by atoms with Gasteiger partial charge in [0.2, 0.25) is 0 Å². The van der Waals surface area contributed by atoms with Crippen molar-refractivity contribution in [3.05, 3.63) is 158 Å². The van der Waals surface area contributed by atoms with Gasteiger partial charge in [-0.3, -0.25) is 14.4 Å². The maximum absolute atomic E-state index is 12.8. The molecular formula is C77H124O6. The van der Waals surface area contributed by atoms with Crippen molar-refractivity contribution in [3.8, 4) is 0 Å². The van der Waals surface area contributed by atoms with Crippen LogP contribution in [0.15, 0.2) is 158 Å². The molecule has 0 rings (SSSR count). The molecule has 0 radical (unpaired) electrons. The number of rotatable bonds is 60. The standard InChI is InChI=1S/C77H124O6/c1-4-7-10-13-16-19-22-25-28-29-30-31-32-33-34-35-36-37-38-39-40-41-42-43-44-45-46-47-50-52-55-58-61-64-67-70-76(79)82-73-74(83-77(80)71-68-65-62-59-56-53-49-27-24-21-18-15-12-9-6-3)72-81-75(78)69-66-63-60-57-54-51-48-26-23-20-17-14-11-8-5-2/h7-12,16-21,25-28,30-31,48-49,54,56-57,59,65,68,74H,4-6,13-15,22-24,29,32-47,50-53,55,58,60-64,66-67,69-73H2,1-3H3/b10-7-,11-8-,12-9-,19-16-,20-17-,21-18-,28-25-,31-30-,48-26-,49-27-,57-54-,59-56-,68-65-. The highest BCUT2D eigenvalue weighted by Gasteiger charge is 2.19. The Balaban J connectivity index is 4.22. The van der Waals surface area contributed by atoms with Crippen molar-refractivity contribution < 1.29 is 28.6 Å². The van der Waals surface area contributed by atoms with Crippen LogP contribution in [0.25, 0.3) is 0 Å². The number of carbonyl (C=O) groups is 3. The molecule has 0 fully saturated rings. The first-order chi connectivity index (χ1) is 41.0. The second kappa shape index (κ2) is 69.5. The van der Waals surface area contributed by atoms with E-state index in [1.165, 1.54) is 128 Å². The van der Waals surface area contributed by atoms with Crippen LogP contribution in [-0.2, 0) is 28.6 Å². The summed E-state index contributed by atoms with van der Waals surface area (Å²) in [6.45, 7) is 6.19. The fourth-order valence-corrected chi connectivity index (χ4v) is 9.09. The minimum Gasteiger partial charge on any atom is -0.462 e. The number of ether oxygens (including phenoxy) is 3. The maximum Gasteiger partial charge on any atom is 0.310 e. The molecular weight excluding hydrogens is 1020 g/mol. The van der Waals surface area contributed by atoms with Crippen LogP contribution < -0.4 is 0 Å². The van der Waals surface area contributed by atoms with Crippen LogP contribution >= 0.6 is 0 Å². The molecule has 0 aromatic carbocycles. The van der Waals surface area contributed by atoms with E-state index in [9.17, 15) is 14.4 Å². The largest absolute Gasteiger partial charge is 0.462 e. The van der Waals surface area contributed by atoms with Crippen molar-refractivity contribution in [1.29, 1.82) is 0 Å². The van der Waals surface area contributed by atoms with E-state index in [0.717, 1.165) is 109 Å². The lowest BCUT2D eigenvalue weighted by Crippen LogP contribution is -2.30. The van der Waals surface area contributed by atoms with Crippen molar-refractivity contribution in [2.24, 2.45) is 0 Å². The third kappa shape index (κ3) is 67.7. The topological polar surface area (TPSA) is 78.9 Å². The van der Waals surface area contributed by atoms with E-state index in [2.05, 4.69) is 167 Å². The second-order valence-corrected chi connectivity index (χ2v) is 22.0. The summed E-state index contributed by atoms with van der Waals surface area (Å²) in [5, 5.41) is 0. The number of esters is 3. The van der Waals surface area contributed by atoms with E-state index in [1.807, 2.05) is 6.08 Å². The first-order valence-electron chi connectivity index (χ1n) is 34.0. The summed E-state index contributed by atoms with van der Waals surface area (Å²) < 4.78 is 16.8. The molecule has 0 heterocycles. The van der Waals surface area contributed by atoms with Gasteiger partial charge in [0.15, 0.2) is 6.10 Å². The Morgan fingerprint density at radius 1 is 0.253 bits per heavy atom. The first-order valence-corrected chi connectivity index (χ1v) is 34.0. The minimum absolute atomic E-state index is 0.0833. The molecule has 0 aromatic rings. The summed E-state index contributed by atoms with van der Waals surface area (Å²) in [5.74, 6) is -1.11. The van der Waals surface area contributed by atoms with Gasteiger partial charge in [0, 0.05) is 12.8 Å². The van der Waals surface area contributed by atoms with Crippen LogP contribution in [-0.4, -0.2) is 37.2 Å². The van der Waals surface area contributed by atoms with Crippen molar-refractivity contribution in [2.75, 3.05) is 13.2 Å². The molecule has 0 amide bonds. The lowest BCUT2D eigenvalue weighted by Gasteiger charge is -2.18. The van der Waals surface area contributed by atoms with Gasteiger partial charge in [-0.25, -0.2) is 0 Å². The van der Waals surface area contributed by atoms with Gasteiger partial charge in [-0.2, -0.15) is 0 Å². The first kappa shape index (κ1) is 78.0. The fourth-order valence-electron chi connectivity index (χ4n) is 9.09. The molecule has 0 aromatic heterocycles. The third-order valence-corrected chi connectivity index (χ3v) is 14.0. The molecule has 0 aliphatic heterocycles. The predicted octanol–water partition coefficient (Wildman–Crippen LogP) is 23.7. The van der Waals surface area contributed by atoms with Crippen LogP contribution in [0.1, 0.15) is 290 Å². The maximum atomic E-state index is 12.8. The van der Waals surface area contributed by atoms with Gasteiger partial charge in [-0.15, -0.1) is 0 Å². The zero-order valence-electron chi connectivity index (χ0n) is 53.7. The van der Waals surface area contributed by atoms with Gasteiger partial charge < -0.3 is 14.2 Å². The Hall–Kier alpha value is -4.97. The Morgan fingerprint density at radius 2 is 0.470 bits per heavy atom. The van der Waals surface area contributed by atoms with Gasteiger partial charge in [0.25, 0.3) is 0 Å². The summed E-state index contributed by atoms with van der Waals surface area (Å²) in [5.41, 5.74) is 0. The van der Waals surface area contributed by atoms with E-state index in [4.69, 9.17) is 14.2 Å². The molecule has 1 unspecified atom stereocenters. The molecule has 0 spiro atoms. The number of hydrogen-bond acceptors (Lipinski definition) is 6. The Kier molecular flexibility index (Phi) is 65.4. The van der Waals surface area contributed by atoms with Gasteiger partial charge in [0.05, 0.1) is 6.42 Å². The van der Waals surface area contributed by atoms with Crippen molar-refractivity contribution in [2.45, 2.75) is 297 Å². The Bertz CT molecular complexity index is 1840. The summed E-state index contributed by atoms with van der Waals surface area (Å²) in [7, 11) is 0. The molecule has 0 aliphatic rings. The zero-order valence-corrected chi connectivity index (χ0v) is 53.7. The highest BCUT2D eigenvalue weighted by Crippen LogP contribution is 2.17. The van der Waals surface area contributed by atoms with Crippen molar-refractivity contribution in [1.82, 2.24) is 0 Å². The molecule has 0 aliphatic carbocycles. The molecule has 83 heavy (non-hydrogen) atoms. The smallest absolute Gasteiger partial charge is 0.310 e. The number of hydrogen-bond donors (Lipinski definition) is 0. The molecule has 468 valence electrons. The lowest BCUT2D eigenvalue weighted by atomic mass is 10.0. The minimum atomic E-state index is -0.855. The Labute approximate surface area is 511 Å². The molecule has 0 N–H and O–H groups in total. The van der Waals surface area contributed by atoms with Crippen LogP contribution in [0.4, 0.5) is 0 Å². The number of allylic oxidation sites excluding steroid dienone is 25. The van der Waals surface area contributed by atoms with Crippen molar-refractivity contribution in [3.63, 3.8) is 0 Å². The third-order valence-electron chi connectivity index (χ3n) is 14.0. The van der Waals surface area contributed by atoms with Gasteiger partial charge >= 0.3 is 17.9 Å². The summed E-state index contributed by atoms with van der Waals surface area (Å²) >= 11 is 0. The van der Waals surface area contributed by atoms with Crippen LogP contribution in [0.2, 0.25) is 0 Å². The van der Waals surface area contributed by atoms with Crippen LogP contribution in [0.5, 0.6) is 0 Å². The van der Waals surface area contributed by atoms with E-state index < -0.39 is 12.1 Å². The number of unbranched alkanes of at least 4 members (excludes halogenated alkanes) is 24. The second-order valence-electron chi connectivity index (χ2n) is 22.0. The molecule has 6 nitrogen and oxygen atoms in total. The van der Waals surface area contributed by atoms with Crippen molar-refractivity contribution >= 4 is 17.9 Å². The summed E-state index contributed by atoms with van der Waals surface area (Å²) in [6, 6.07) is 0. The van der Waals surface area contributed by atoms with Gasteiger partial charge in [-0.1, -0.05) is 307 Å². The SMILES string of the molecule is CC/C=C\C/C=C\C/C=C\C/C=C\C/C=C\CC(=O)OC(COC(=O)CCCC/C=C\C/C=C\C/C=C\C/C=C\CC)COC(=O)CCCCCCCCCCCCCCCCCCCCCCCC/C=C\C/C=C\C/C=C\C/C=C\CC. The molecule has 0 bridgehead atoms. The zero-order chi connectivity index (χ0) is 59.9. The summed E-state index contributed by atoms with van der Waals surface area (Å²) in [6.07, 6.45) is 102. The van der Waals surface area contributed by atoms with E-state index in [-0.39, 0.29) is 38.0 Å². The number of carbonyl (C=O) groups excluding carboxylic acids is 3. The average molecular weight is 1150 g/mol. The van der Waals surface area contributed by atoms with Gasteiger partial charge in [0.1, 0.15) is 13.2 Å². The molecule has 6 heteroatoms. The van der Waals surface area contributed by atoms with E-state index >= 15 is 0 Å². The van der Waals surface area contributed by atoms with Crippen LogP contribution in [0.3, 0.4) is 0 Å². The predicted molar refractivity (Wildman–Crippen MR) is 362 cm³/mol. The van der Waals surface area contributed by atoms with Crippen LogP contribution in [0, 0.1) is 0 Å². The Morgan fingerprint density at radius 3 is 0.759 bits per heavy atom.